The Morgan fingerprint density at radius 3 is 2.58 bits per heavy atom. The molecule has 0 unspecified atom stereocenters. The zero-order valence-corrected chi connectivity index (χ0v) is 14.1. The quantitative estimate of drug-likeness (QED) is 0.924. The number of halogens is 1. The van der Waals surface area contributed by atoms with Crippen molar-refractivity contribution in [2.75, 3.05) is 16.8 Å². The van der Waals surface area contributed by atoms with Crippen molar-refractivity contribution in [3.05, 3.63) is 58.6 Å². The lowest BCUT2D eigenvalue weighted by atomic mass is 10.1. The summed E-state index contributed by atoms with van der Waals surface area (Å²) in [7, 11) is 0. The molecule has 1 N–H and O–H groups in total. The Morgan fingerprint density at radius 2 is 1.96 bits per heavy atom. The molecule has 0 saturated carbocycles. The van der Waals surface area contributed by atoms with E-state index in [1.54, 1.807) is 42.5 Å². The van der Waals surface area contributed by atoms with Gasteiger partial charge in [-0.25, -0.2) is 0 Å². The Labute approximate surface area is 145 Å². The van der Waals surface area contributed by atoms with Crippen LogP contribution in [-0.4, -0.2) is 18.4 Å². The molecular weight excluding hydrogens is 326 g/mol. The highest BCUT2D eigenvalue weighted by atomic mass is 35.5. The van der Waals surface area contributed by atoms with Crippen molar-refractivity contribution in [2.45, 2.75) is 13.8 Å². The fourth-order valence-corrected chi connectivity index (χ4v) is 2.36. The van der Waals surface area contributed by atoms with Crippen LogP contribution in [0, 0.1) is 18.3 Å². The van der Waals surface area contributed by atoms with Gasteiger partial charge in [-0.2, -0.15) is 5.26 Å². The van der Waals surface area contributed by atoms with Crippen molar-refractivity contribution in [3.63, 3.8) is 0 Å². The van der Waals surface area contributed by atoms with Gasteiger partial charge in [0, 0.05) is 17.6 Å². The second-order valence-corrected chi connectivity index (χ2v) is 5.65. The summed E-state index contributed by atoms with van der Waals surface area (Å²) in [6, 6.07) is 13.9. The first-order valence-corrected chi connectivity index (χ1v) is 7.63. The molecular formula is C18H16ClN3O2. The molecule has 0 aromatic heterocycles. The lowest BCUT2D eigenvalue weighted by molar-refractivity contribution is -0.120. The fourth-order valence-electron chi connectivity index (χ4n) is 2.18. The van der Waals surface area contributed by atoms with Gasteiger partial charge in [0.1, 0.15) is 12.6 Å². The summed E-state index contributed by atoms with van der Waals surface area (Å²) in [6.45, 7) is 3.02. The number of benzene rings is 2. The summed E-state index contributed by atoms with van der Waals surface area (Å²) in [4.78, 5) is 25.4. The van der Waals surface area contributed by atoms with Gasteiger partial charge in [-0.1, -0.05) is 29.8 Å². The van der Waals surface area contributed by atoms with E-state index in [9.17, 15) is 14.9 Å². The van der Waals surface area contributed by atoms with E-state index in [-0.39, 0.29) is 18.4 Å². The maximum atomic E-state index is 12.3. The summed E-state index contributed by atoms with van der Waals surface area (Å²) in [5.41, 5.74) is 2.19. The molecule has 2 aromatic carbocycles. The Kier molecular flexibility index (Phi) is 5.56. The Balaban J connectivity index is 2.19. The lowest BCUT2D eigenvalue weighted by Crippen LogP contribution is -2.37. The topological polar surface area (TPSA) is 73.2 Å². The minimum absolute atomic E-state index is 0.195. The zero-order valence-electron chi connectivity index (χ0n) is 13.3. The lowest BCUT2D eigenvalue weighted by Gasteiger charge is -2.21. The highest BCUT2D eigenvalue weighted by molar-refractivity contribution is 6.31. The summed E-state index contributed by atoms with van der Waals surface area (Å²) in [6.07, 6.45) is 0. The second kappa shape index (κ2) is 7.62. The van der Waals surface area contributed by atoms with Crippen LogP contribution in [-0.2, 0) is 9.59 Å². The molecule has 2 amide bonds. The van der Waals surface area contributed by atoms with Crippen LogP contribution in [0.4, 0.5) is 11.4 Å². The molecule has 2 aromatic rings. The summed E-state index contributed by atoms with van der Waals surface area (Å²) < 4.78 is 0. The van der Waals surface area contributed by atoms with Crippen LogP contribution in [0.5, 0.6) is 0 Å². The standard InChI is InChI=1S/C18H16ClN3O2/c1-12-7-8-15(9-16(12)19)21-18(24)11-22(13(2)23)17-6-4-3-5-14(17)10-20/h3-9H,11H2,1-2H3,(H,21,24). The van der Waals surface area contributed by atoms with Gasteiger partial charge in [0.2, 0.25) is 11.8 Å². The average molecular weight is 342 g/mol. The van der Waals surface area contributed by atoms with E-state index < -0.39 is 0 Å². The SMILES string of the molecule is CC(=O)N(CC(=O)Nc1ccc(C)c(Cl)c1)c1ccccc1C#N. The molecule has 0 saturated heterocycles. The predicted molar refractivity (Wildman–Crippen MR) is 94.0 cm³/mol. The van der Waals surface area contributed by atoms with Crippen molar-refractivity contribution >= 4 is 34.8 Å². The first kappa shape index (κ1) is 17.5. The van der Waals surface area contributed by atoms with Crippen LogP contribution in [0.1, 0.15) is 18.1 Å². The number of carbonyl (C=O) groups is 2. The number of nitrogens with zero attached hydrogens (tertiary/aromatic N) is 2. The highest BCUT2D eigenvalue weighted by Gasteiger charge is 2.18. The second-order valence-electron chi connectivity index (χ2n) is 5.25. The molecule has 122 valence electrons. The van der Waals surface area contributed by atoms with Gasteiger partial charge < -0.3 is 10.2 Å². The molecule has 2 rings (SSSR count). The molecule has 0 fully saturated rings. The van der Waals surface area contributed by atoms with Crippen LogP contribution in [0.3, 0.4) is 0 Å². The Hall–Kier alpha value is -2.84. The van der Waals surface area contributed by atoms with E-state index >= 15 is 0 Å². The Morgan fingerprint density at radius 1 is 1.25 bits per heavy atom. The summed E-state index contributed by atoms with van der Waals surface area (Å²) >= 11 is 6.04. The third-order valence-electron chi connectivity index (χ3n) is 3.45. The molecule has 0 spiro atoms. The maximum Gasteiger partial charge on any atom is 0.244 e. The highest BCUT2D eigenvalue weighted by Crippen LogP contribution is 2.21. The smallest absolute Gasteiger partial charge is 0.244 e. The van der Waals surface area contributed by atoms with E-state index in [0.29, 0.717) is 22.0 Å². The van der Waals surface area contributed by atoms with Gasteiger partial charge in [-0.05, 0) is 36.8 Å². The van der Waals surface area contributed by atoms with E-state index in [0.717, 1.165) is 5.56 Å². The van der Waals surface area contributed by atoms with Gasteiger partial charge in [-0.3, -0.25) is 9.59 Å². The van der Waals surface area contributed by atoms with Gasteiger partial charge in [0.25, 0.3) is 0 Å². The molecule has 0 aliphatic heterocycles. The molecule has 0 aliphatic rings. The van der Waals surface area contributed by atoms with E-state index in [4.69, 9.17) is 11.6 Å². The first-order chi connectivity index (χ1) is 11.4. The van der Waals surface area contributed by atoms with Crippen LogP contribution in [0.2, 0.25) is 5.02 Å². The molecule has 0 radical (unpaired) electrons. The number of hydrogen-bond acceptors (Lipinski definition) is 3. The summed E-state index contributed by atoms with van der Waals surface area (Å²) in [5.74, 6) is -0.701. The third-order valence-corrected chi connectivity index (χ3v) is 3.86. The van der Waals surface area contributed by atoms with Crippen molar-refractivity contribution < 1.29 is 9.59 Å². The number of nitrogens with one attached hydrogen (secondary N) is 1. The number of para-hydroxylation sites is 1. The van der Waals surface area contributed by atoms with Gasteiger partial charge >= 0.3 is 0 Å². The maximum absolute atomic E-state index is 12.3. The van der Waals surface area contributed by atoms with Crippen molar-refractivity contribution in [1.82, 2.24) is 0 Å². The molecule has 0 aliphatic carbocycles. The average Bonchev–Trinajstić information content (AvgIpc) is 2.56. The molecule has 0 heterocycles. The number of anilines is 2. The number of rotatable bonds is 4. The zero-order chi connectivity index (χ0) is 17.7. The van der Waals surface area contributed by atoms with Crippen LogP contribution in [0.25, 0.3) is 0 Å². The van der Waals surface area contributed by atoms with E-state index in [1.165, 1.54) is 11.8 Å². The monoisotopic (exact) mass is 341 g/mol. The van der Waals surface area contributed by atoms with Crippen molar-refractivity contribution in [2.24, 2.45) is 0 Å². The number of amides is 2. The van der Waals surface area contributed by atoms with Crippen LogP contribution < -0.4 is 10.2 Å². The van der Waals surface area contributed by atoms with Gasteiger partial charge in [-0.15, -0.1) is 0 Å². The van der Waals surface area contributed by atoms with Crippen molar-refractivity contribution in [1.29, 1.82) is 5.26 Å². The van der Waals surface area contributed by atoms with Crippen LogP contribution in [0.15, 0.2) is 42.5 Å². The van der Waals surface area contributed by atoms with E-state index in [1.807, 2.05) is 13.0 Å². The molecule has 6 heteroatoms. The number of nitriles is 1. The Bertz CT molecular complexity index is 827. The number of hydrogen-bond donors (Lipinski definition) is 1. The minimum Gasteiger partial charge on any atom is -0.324 e. The van der Waals surface area contributed by atoms with E-state index in [2.05, 4.69) is 5.32 Å². The molecule has 24 heavy (non-hydrogen) atoms. The largest absolute Gasteiger partial charge is 0.324 e. The number of carbonyl (C=O) groups excluding carboxylic acids is 2. The predicted octanol–water partition coefficient (Wildman–Crippen LogP) is 3.51. The summed E-state index contributed by atoms with van der Waals surface area (Å²) in [5, 5.41) is 12.4. The number of aryl methyl sites for hydroxylation is 1. The normalized spacial score (nSPS) is 9.92. The fraction of sp³-hybridized carbons (Fsp3) is 0.167. The van der Waals surface area contributed by atoms with Crippen LogP contribution >= 0.6 is 11.6 Å². The van der Waals surface area contributed by atoms with Gasteiger partial charge in [0.15, 0.2) is 0 Å². The molecule has 5 nitrogen and oxygen atoms in total. The van der Waals surface area contributed by atoms with Gasteiger partial charge in [0.05, 0.1) is 11.3 Å². The molecule has 0 bridgehead atoms. The minimum atomic E-state index is -0.377. The third kappa shape index (κ3) is 4.12. The van der Waals surface area contributed by atoms with Crippen molar-refractivity contribution in [3.8, 4) is 6.07 Å². The molecule has 0 atom stereocenters. The first-order valence-electron chi connectivity index (χ1n) is 7.25.